The Balaban J connectivity index is 1.83. The minimum atomic E-state index is -1.06. The van der Waals surface area contributed by atoms with Gasteiger partial charge in [0.05, 0.1) is 16.5 Å². The Hall–Kier alpha value is -4.57. The molecule has 1 heterocycles. The molecule has 2 N–H and O–H groups in total. The molecule has 1 aliphatic rings. The highest BCUT2D eigenvalue weighted by molar-refractivity contribution is 6.04. The molecule has 1 saturated carbocycles. The van der Waals surface area contributed by atoms with E-state index in [0.29, 0.717) is 33.3 Å². The summed E-state index contributed by atoms with van der Waals surface area (Å²) in [4.78, 5) is 10.9. The molecule has 5 rings (SSSR count). The Morgan fingerprint density at radius 3 is 2.44 bits per heavy atom. The average molecular weight is 482 g/mol. The van der Waals surface area contributed by atoms with Crippen LogP contribution < -0.4 is 0 Å². The third-order valence-electron chi connectivity index (χ3n) is 6.63. The van der Waals surface area contributed by atoms with Crippen LogP contribution in [0.5, 0.6) is 0 Å². The molecule has 0 spiro atoms. The molecule has 3 aromatic carbocycles. The first kappa shape index (κ1) is 23.2. The van der Waals surface area contributed by atoms with E-state index in [0.717, 1.165) is 30.9 Å². The van der Waals surface area contributed by atoms with Gasteiger partial charge in [-0.3, -0.25) is 5.10 Å². The van der Waals surface area contributed by atoms with Crippen molar-refractivity contribution in [3.63, 3.8) is 0 Å². The highest BCUT2D eigenvalue weighted by atomic mass is 19.1. The van der Waals surface area contributed by atoms with Crippen LogP contribution in [0.1, 0.15) is 47.1 Å². The summed E-state index contributed by atoms with van der Waals surface area (Å²) >= 11 is 0. The number of hydrogen-bond acceptors (Lipinski definition) is 3. The molecular formula is C29H21F2N3O2. The third kappa shape index (κ3) is 4.18. The molecule has 7 heteroatoms. The number of rotatable bonds is 6. The van der Waals surface area contributed by atoms with Gasteiger partial charge in [0.1, 0.15) is 11.9 Å². The quantitative estimate of drug-likeness (QED) is 0.241. The van der Waals surface area contributed by atoms with Gasteiger partial charge >= 0.3 is 5.97 Å². The summed E-state index contributed by atoms with van der Waals surface area (Å²) in [6.45, 7) is 0. The summed E-state index contributed by atoms with van der Waals surface area (Å²) in [5, 5.41) is 25.4. The Kier molecular flexibility index (Phi) is 6.17. The molecule has 5 nitrogen and oxygen atoms in total. The molecule has 36 heavy (non-hydrogen) atoms. The average Bonchev–Trinajstić information content (AvgIpc) is 3.23. The van der Waals surface area contributed by atoms with Gasteiger partial charge in [0.15, 0.2) is 0 Å². The lowest BCUT2D eigenvalue weighted by atomic mass is 9.72. The molecule has 4 aromatic rings. The molecule has 1 aromatic heterocycles. The number of aromatic nitrogens is 2. The van der Waals surface area contributed by atoms with Gasteiger partial charge in [0, 0.05) is 17.2 Å². The summed E-state index contributed by atoms with van der Waals surface area (Å²) in [7, 11) is 0. The van der Waals surface area contributed by atoms with Crippen molar-refractivity contribution >= 4 is 34.1 Å². The maximum absolute atomic E-state index is 15.2. The zero-order chi connectivity index (χ0) is 25.2. The van der Waals surface area contributed by atoms with Crippen molar-refractivity contribution in [2.45, 2.75) is 19.3 Å². The van der Waals surface area contributed by atoms with Gasteiger partial charge in [0.2, 0.25) is 5.95 Å². The van der Waals surface area contributed by atoms with Gasteiger partial charge < -0.3 is 5.11 Å². The zero-order valence-corrected chi connectivity index (χ0v) is 19.1. The van der Waals surface area contributed by atoms with Crippen molar-refractivity contribution < 1.29 is 18.7 Å². The van der Waals surface area contributed by atoms with E-state index in [1.54, 1.807) is 42.5 Å². The van der Waals surface area contributed by atoms with Crippen LogP contribution in [0, 0.1) is 29.0 Å². The highest BCUT2D eigenvalue weighted by Gasteiger charge is 2.30. The number of benzene rings is 3. The molecule has 0 atom stereocenters. The maximum atomic E-state index is 15.2. The summed E-state index contributed by atoms with van der Waals surface area (Å²) in [5.41, 5.74) is 4.27. The van der Waals surface area contributed by atoms with Crippen molar-refractivity contribution in [2.24, 2.45) is 5.92 Å². The number of carboxylic acids is 1. The summed E-state index contributed by atoms with van der Waals surface area (Å²) in [6.07, 6.45) is 5.28. The van der Waals surface area contributed by atoms with Crippen LogP contribution >= 0.6 is 0 Å². The van der Waals surface area contributed by atoms with Crippen molar-refractivity contribution in [3.05, 3.63) is 106 Å². The van der Waals surface area contributed by atoms with Crippen molar-refractivity contribution in [2.75, 3.05) is 0 Å². The van der Waals surface area contributed by atoms with Crippen LogP contribution in [-0.2, 0) is 4.79 Å². The third-order valence-corrected chi connectivity index (χ3v) is 6.63. The fraction of sp³-hybridized carbons (Fsp3) is 0.138. The Bertz CT molecular complexity index is 1570. The Labute approximate surface area is 206 Å². The summed E-state index contributed by atoms with van der Waals surface area (Å²) in [6, 6.07) is 19.3. The number of allylic oxidation sites excluding steroid dienone is 1. The molecule has 0 bridgehead atoms. The van der Waals surface area contributed by atoms with E-state index in [1.165, 1.54) is 12.1 Å². The van der Waals surface area contributed by atoms with Gasteiger partial charge in [0.25, 0.3) is 0 Å². The highest BCUT2D eigenvalue weighted by Crippen LogP contribution is 2.46. The van der Waals surface area contributed by atoms with E-state index in [-0.39, 0.29) is 22.7 Å². The predicted molar refractivity (Wildman–Crippen MR) is 134 cm³/mol. The number of hydrogen-bond donors (Lipinski definition) is 2. The van der Waals surface area contributed by atoms with Gasteiger partial charge in [-0.1, -0.05) is 55.0 Å². The second-order valence-electron chi connectivity index (χ2n) is 8.73. The first-order valence-electron chi connectivity index (χ1n) is 11.6. The molecule has 0 amide bonds. The molecule has 178 valence electrons. The van der Waals surface area contributed by atoms with E-state index in [9.17, 15) is 14.4 Å². The fourth-order valence-corrected chi connectivity index (χ4v) is 4.72. The molecular weight excluding hydrogens is 460 g/mol. The summed E-state index contributed by atoms with van der Waals surface area (Å²) in [5.74, 6) is -2.12. The lowest BCUT2D eigenvalue weighted by molar-refractivity contribution is -0.131. The predicted octanol–water partition coefficient (Wildman–Crippen LogP) is 6.57. The van der Waals surface area contributed by atoms with Crippen LogP contribution in [0.15, 0.2) is 66.7 Å². The zero-order valence-electron chi connectivity index (χ0n) is 19.1. The number of H-pyrrole nitrogens is 1. The monoisotopic (exact) mass is 481 g/mol. The smallest absolute Gasteiger partial charge is 0.328 e. The minimum absolute atomic E-state index is 0.0694. The number of aliphatic carboxylic acids is 1. The largest absolute Gasteiger partial charge is 0.478 e. The first-order valence-corrected chi connectivity index (χ1v) is 11.6. The standard InChI is InChI=1S/C29H21F2N3O2/c30-23-7-2-1-6-21(23)27(18-4-3-5-18)26(19-11-8-17(9-12-19)10-15-25(35)36)20-13-14-24-28(22(20)16-32)29(31)34-33-24/h1-2,6-15,18H,3-5H2,(H,33,34)(H,35,36). The molecule has 0 unspecified atom stereocenters. The molecule has 0 saturated heterocycles. The van der Waals surface area contributed by atoms with E-state index in [4.69, 9.17) is 5.11 Å². The van der Waals surface area contributed by atoms with Gasteiger partial charge in [-0.2, -0.15) is 9.65 Å². The SMILES string of the molecule is N#Cc1c(C(=C(c2ccccc2F)C2CCC2)c2ccc(C=CC(=O)O)cc2)ccc2[nH]nc(F)c12. The number of halogens is 2. The number of carbonyl (C=O) groups is 1. The molecule has 0 aliphatic heterocycles. The van der Waals surface area contributed by atoms with Crippen LogP contribution in [-0.4, -0.2) is 21.3 Å². The second-order valence-corrected chi connectivity index (χ2v) is 8.73. The number of nitriles is 1. The van der Waals surface area contributed by atoms with Gasteiger partial charge in [-0.25, -0.2) is 9.18 Å². The fourth-order valence-electron chi connectivity index (χ4n) is 4.72. The number of nitrogens with zero attached hydrogens (tertiary/aromatic N) is 2. The molecule has 1 aliphatic carbocycles. The van der Waals surface area contributed by atoms with E-state index >= 15 is 4.39 Å². The number of fused-ring (bicyclic) bond motifs is 1. The number of aromatic amines is 1. The van der Waals surface area contributed by atoms with E-state index < -0.39 is 11.9 Å². The van der Waals surface area contributed by atoms with Crippen molar-refractivity contribution in [3.8, 4) is 6.07 Å². The van der Waals surface area contributed by atoms with Gasteiger partial charge in [-0.05, 0) is 59.2 Å². The Morgan fingerprint density at radius 1 is 1.06 bits per heavy atom. The Morgan fingerprint density at radius 2 is 1.81 bits per heavy atom. The van der Waals surface area contributed by atoms with Crippen LogP contribution in [0.3, 0.4) is 0 Å². The van der Waals surface area contributed by atoms with Gasteiger partial charge in [-0.15, -0.1) is 5.10 Å². The molecule has 0 radical (unpaired) electrons. The maximum Gasteiger partial charge on any atom is 0.328 e. The lowest BCUT2D eigenvalue weighted by Crippen LogP contribution is -2.16. The topological polar surface area (TPSA) is 89.8 Å². The van der Waals surface area contributed by atoms with Crippen molar-refractivity contribution in [1.29, 1.82) is 5.26 Å². The van der Waals surface area contributed by atoms with Crippen LogP contribution in [0.4, 0.5) is 8.78 Å². The number of carboxylic acid groups (broad SMARTS) is 1. The second kappa shape index (κ2) is 9.59. The summed E-state index contributed by atoms with van der Waals surface area (Å²) < 4.78 is 29.8. The molecule has 1 fully saturated rings. The van der Waals surface area contributed by atoms with Crippen LogP contribution in [0.2, 0.25) is 0 Å². The van der Waals surface area contributed by atoms with Crippen LogP contribution in [0.25, 0.3) is 28.1 Å². The lowest BCUT2D eigenvalue weighted by Gasteiger charge is -2.32. The van der Waals surface area contributed by atoms with E-state index in [1.807, 2.05) is 12.1 Å². The normalized spacial score (nSPS) is 14.5. The number of nitrogens with one attached hydrogen (secondary N) is 1. The first-order chi connectivity index (χ1) is 17.5. The van der Waals surface area contributed by atoms with Crippen molar-refractivity contribution in [1.82, 2.24) is 10.2 Å². The van der Waals surface area contributed by atoms with E-state index in [2.05, 4.69) is 16.3 Å². The minimum Gasteiger partial charge on any atom is -0.478 e.